The Morgan fingerprint density at radius 2 is 1.74 bits per heavy atom. The summed E-state index contributed by atoms with van der Waals surface area (Å²) in [6, 6.07) is 16.5. The van der Waals surface area contributed by atoms with Gasteiger partial charge >= 0.3 is 5.97 Å². The van der Waals surface area contributed by atoms with E-state index in [4.69, 9.17) is 25.8 Å². The van der Waals surface area contributed by atoms with Gasteiger partial charge in [0.15, 0.2) is 5.79 Å². The van der Waals surface area contributed by atoms with Gasteiger partial charge in [0.05, 0.1) is 20.3 Å². The SMILES string of the molecule is COC(=O)C1(Nc2cccc(Cl)c2)CCC2(CC1)C(CC(C)C1CCC3(CC1)OCCO3)=Cc1ccccc12. The van der Waals surface area contributed by atoms with Crippen molar-refractivity contribution in [3.8, 4) is 0 Å². The summed E-state index contributed by atoms with van der Waals surface area (Å²) in [4.78, 5) is 13.2. The first-order valence-electron chi connectivity index (χ1n) is 14.6. The molecule has 39 heavy (non-hydrogen) atoms. The predicted molar refractivity (Wildman–Crippen MR) is 155 cm³/mol. The zero-order chi connectivity index (χ0) is 27.1. The van der Waals surface area contributed by atoms with Crippen LogP contribution in [0.1, 0.15) is 75.8 Å². The summed E-state index contributed by atoms with van der Waals surface area (Å²) in [6.45, 7) is 3.89. The molecule has 4 aliphatic rings. The number of anilines is 1. The number of hydrogen-bond donors (Lipinski definition) is 1. The molecule has 0 amide bonds. The van der Waals surface area contributed by atoms with Gasteiger partial charge in [0.1, 0.15) is 5.54 Å². The second kappa shape index (κ2) is 10.6. The van der Waals surface area contributed by atoms with E-state index < -0.39 is 5.54 Å². The van der Waals surface area contributed by atoms with Gasteiger partial charge in [-0.25, -0.2) is 4.79 Å². The minimum absolute atomic E-state index is 0.0358. The summed E-state index contributed by atoms with van der Waals surface area (Å²) in [5, 5.41) is 4.19. The van der Waals surface area contributed by atoms with Gasteiger partial charge in [0.25, 0.3) is 0 Å². The van der Waals surface area contributed by atoms with Crippen molar-refractivity contribution in [2.24, 2.45) is 11.8 Å². The van der Waals surface area contributed by atoms with Gasteiger partial charge < -0.3 is 19.5 Å². The number of methoxy groups -OCH3 is 1. The fraction of sp³-hybridized carbons (Fsp3) is 0.545. The van der Waals surface area contributed by atoms with Crippen LogP contribution in [-0.4, -0.2) is 37.6 Å². The van der Waals surface area contributed by atoms with E-state index in [1.807, 2.05) is 24.3 Å². The molecule has 3 aliphatic carbocycles. The maximum atomic E-state index is 13.2. The first-order chi connectivity index (χ1) is 18.9. The Kier molecular flexibility index (Phi) is 7.28. The largest absolute Gasteiger partial charge is 0.467 e. The monoisotopic (exact) mass is 549 g/mol. The highest BCUT2D eigenvalue weighted by atomic mass is 35.5. The Bertz CT molecular complexity index is 1230. The minimum Gasteiger partial charge on any atom is -0.467 e. The van der Waals surface area contributed by atoms with Crippen LogP contribution in [0.5, 0.6) is 0 Å². The highest BCUT2D eigenvalue weighted by molar-refractivity contribution is 6.30. The summed E-state index contributed by atoms with van der Waals surface area (Å²) in [7, 11) is 1.49. The average molecular weight is 550 g/mol. The molecule has 1 aliphatic heterocycles. The quantitative estimate of drug-likeness (QED) is 0.377. The Morgan fingerprint density at radius 1 is 1.03 bits per heavy atom. The van der Waals surface area contributed by atoms with Crippen molar-refractivity contribution in [2.45, 2.75) is 81.5 Å². The van der Waals surface area contributed by atoms with Crippen LogP contribution < -0.4 is 5.32 Å². The van der Waals surface area contributed by atoms with E-state index in [1.165, 1.54) is 23.8 Å². The number of esters is 1. The highest BCUT2D eigenvalue weighted by Crippen LogP contribution is 2.56. The third-order valence-corrected chi connectivity index (χ3v) is 10.3. The van der Waals surface area contributed by atoms with Gasteiger partial charge in [-0.2, -0.15) is 0 Å². The van der Waals surface area contributed by atoms with E-state index in [2.05, 4.69) is 42.6 Å². The van der Waals surface area contributed by atoms with Crippen LogP contribution in [0.15, 0.2) is 54.1 Å². The van der Waals surface area contributed by atoms with Crippen LogP contribution in [0.3, 0.4) is 0 Å². The highest BCUT2D eigenvalue weighted by Gasteiger charge is 2.52. The first-order valence-corrected chi connectivity index (χ1v) is 15.0. The maximum absolute atomic E-state index is 13.2. The topological polar surface area (TPSA) is 56.8 Å². The lowest BCUT2D eigenvalue weighted by Crippen LogP contribution is -2.52. The van der Waals surface area contributed by atoms with Gasteiger partial charge in [0, 0.05) is 29.0 Å². The molecule has 0 radical (unpaired) electrons. The molecule has 3 fully saturated rings. The van der Waals surface area contributed by atoms with Crippen molar-refractivity contribution >= 4 is 29.3 Å². The lowest BCUT2D eigenvalue weighted by molar-refractivity contribution is -0.184. The van der Waals surface area contributed by atoms with E-state index in [0.29, 0.717) is 29.7 Å². The summed E-state index contributed by atoms with van der Waals surface area (Å²) < 4.78 is 17.3. The van der Waals surface area contributed by atoms with E-state index in [1.54, 1.807) is 0 Å². The summed E-state index contributed by atoms with van der Waals surface area (Å²) in [5.41, 5.74) is 4.34. The Balaban J connectivity index is 1.22. The summed E-state index contributed by atoms with van der Waals surface area (Å²) >= 11 is 6.27. The van der Waals surface area contributed by atoms with E-state index in [-0.39, 0.29) is 17.2 Å². The summed E-state index contributed by atoms with van der Waals surface area (Å²) in [6.07, 6.45) is 11.1. The van der Waals surface area contributed by atoms with Crippen molar-refractivity contribution < 1.29 is 19.0 Å². The van der Waals surface area contributed by atoms with Crippen molar-refractivity contribution in [1.82, 2.24) is 0 Å². The normalized spacial score (nSPS) is 26.3. The average Bonchev–Trinajstić information content (AvgIpc) is 3.52. The van der Waals surface area contributed by atoms with Gasteiger partial charge in [-0.15, -0.1) is 0 Å². The number of benzene rings is 2. The fourth-order valence-electron chi connectivity index (χ4n) is 7.87. The van der Waals surface area contributed by atoms with Crippen LogP contribution in [0.25, 0.3) is 6.08 Å². The minimum atomic E-state index is -0.766. The number of fused-ring (bicyclic) bond motifs is 2. The Hall–Kier alpha value is -2.34. The number of nitrogens with one attached hydrogen (secondary N) is 1. The van der Waals surface area contributed by atoms with Gasteiger partial charge in [-0.05, 0) is 86.1 Å². The molecule has 2 aromatic rings. The molecule has 6 heteroatoms. The Labute approximate surface area is 237 Å². The zero-order valence-corrected chi connectivity index (χ0v) is 23.9. The molecule has 1 unspecified atom stereocenters. The van der Waals surface area contributed by atoms with E-state index in [0.717, 1.165) is 63.8 Å². The Morgan fingerprint density at radius 3 is 2.44 bits per heavy atom. The van der Waals surface area contributed by atoms with Crippen LogP contribution in [0.2, 0.25) is 5.02 Å². The lowest BCUT2D eigenvalue weighted by Gasteiger charge is -2.47. The molecule has 0 bridgehead atoms. The number of ether oxygens (including phenoxy) is 3. The molecule has 2 spiro atoms. The molecule has 2 saturated carbocycles. The van der Waals surface area contributed by atoms with Crippen molar-refractivity contribution in [3.05, 3.63) is 70.3 Å². The molecule has 2 aromatic carbocycles. The fourth-order valence-corrected chi connectivity index (χ4v) is 8.06. The third kappa shape index (κ3) is 4.92. The molecule has 208 valence electrons. The molecule has 0 aromatic heterocycles. The first kappa shape index (κ1) is 26.9. The maximum Gasteiger partial charge on any atom is 0.331 e. The van der Waals surface area contributed by atoms with Crippen LogP contribution >= 0.6 is 11.6 Å². The van der Waals surface area contributed by atoms with Crippen molar-refractivity contribution in [2.75, 3.05) is 25.6 Å². The van der Waals surface area contributed by atoms with Crippen LogP contribution in [0, 0.1) is 11.8 Å². The smallest absolute Gasteiger partial charge is 0.331 e. The predicted octanol–water partition coefficient (Wildman–Crippen LogP) is 7.53. The van der Waals surface area contributed by atoms with Crippen LogP contribution in [-0.2, 0) is 24.4 Å². The van der Waals surface area contributed by atoms with Crippen molar-refractivity contribution in [3.63, 3.8) is 0 Å². The molecule has 1 heterocycles. The number of halogens is 1. The van der Waals surface area contributed by atoms with Gasteiger partial charge in [0.2, 0.25) is 0 Å². The standard InChI is InChI=1S/C33H40ClNO4/c1-23(24-10-12-33(13-11-24)38-18-19-39-33)20-26-21-25-6-3-4-9-29(25)31(26)14-16-32(17-15-31,30(36)37-2)35-28-8-5-7-27(34)22-28/h3-9,21-24,35H,10-20H2,1-2H3. The lowest BCUT2D eigenvalue weighted by atomic mass is 9.60. The molecule has 1 saturated heterocycles. The number of carbonyl (C=O) groups excluding carboxylic acids is 1. The molecule has 5 nitrogen and oxygen atoms in total. The second-order valence-corrected chi connectivity index (χ2v) is 12.6. The molecular formula is C33H40ClNO4. The van der Waals surface area contributed by atoms with Gasteiger partial charge in [-0.1, -0.05) is 60.5 Å². The van der Waals surface area contributed by atoms with E-state index >= 15 is 0 Å². The second-order valence-electron chi connectivity index (χ2n) is 12.2. The number of rotatable bonds is 6. The van der Waals surface area contributed by atoms with E-state index in [9.17, 15) is 4.79 Å². The number of carbonyl (C=O) groups is 1. The number of hydrogen-bond acceptors (Lipinski definition) is 5. The molecule has 1 N–H and O–H groups in total. The third-order valence-electron chi connectivity index (χ3n) is 10.1. The van der Waals surface area contributed by atoms with Gasteiger partial charge in [-0.3, -0.25) is 0 Å². The molecule has 6 rings (SSSR count). The molecular weight excluding hydrogens is 510 g/mol. The zero-order valence-electron chi connectivity index (χ0n) is 23.1. The molecule has 1 atom stereocenters. The number of allylic oxidation sites excluding steroid dienone is 1. The van der Waals surface area contributed by atoms with Crippen molar-refractivity contribution in [1.29, 1.82) is 0 Å². The summed E-state index contributed by atoms with van der Waals surface area (Å²) in [5.74, 6) is 0.747. The van der Waals surface area contributed by atoms with Crippen LogP contribution in [0.4, 0.5) is 5.69 Å².